The Morgan fingerprint density at radius 1 is 1.23 bits per heavy atom. The highest BCUT2D eigenvalue weighted by Gasteiger charge is 2.28. The standard InChI is InChI=1S/C25H34N4O/c1-3-18(21-15-27-17(2)28-16-21)13-22(30)8-4-5-9-24-23(19-10-11-19)14-20-7-6-12-26-25(20)29-24/h14-16,18-19H,3-13H2,1-2H3,(H,26,29). The van der Waals surface area contributed by atoms with Gasteiger partial charge in [0, 0.05) is 37.5 Å². The van der Waals surface area contributed by atoms with Crippen LogP contribution >= 0.6 is 0 Å². The van der Waals surface area contributed by atoms with Crippen LogP contribution in [0.3, 0.4) is 0 Å². The monoisotopic (exact) mass is 406 g/mol. The van der Waals surface area contributed by atoms with Crippen LogP contribution in [0.15, 0.2) is 18.5 Å². The Morgan fingerprint density at radius 2 is 2.03 bits per heavy atom. The van der Waals surface area contributed by atoms with Crippen LogP contribution in [0, 0.1) is 6.92 Å². The minimum absolute atomic E-state index is 0.230. The molecule has 0 spiro atoms. The third kappa shape index (κ3) is 5.24. The lowest BCUT2D eigenvalue weighted by Gasteiger charge is -2.20. The van der Waals surface area contributed by atoms with E-state index in [2.05, 4.69) is 28.3 Å². The maximum absolute atomic E-state index is 12.6. The summed E-state index contributed by atoms with van der Waals surface area (Å²) in [5.41, 5.74) is 5.22. The van der Waals surface area contributed by atoms with E-state index in [0.717, 1.165) is 61.8 Å². The molecule has 160 valence electrons. The lowest BCUT2D eigenvalue weighted by molar-refractivity contribution is -0.119. The fourth-order valence-electron chi connectivity index (χ4n) is 4.49. The highest BCUT2D eigenvalue weighted by Crippen LogP contribution is 2.43. The van der Waals surface area contributed by atoms with Gasteiger partial charge in [0.1, 0.15) is 17.4 Å². The fourth-order valence-corrected chi connectivity index (χ4v) is 4.49. The summed E-state index contributed by atoms with van der Waals surface area (Å²) in [5.74, 6) is 3.18. The average Bonchev–Trinajstić information content (AvgIpc) is 3.60. The molecule has 1 saturated carbocycles. The van der Waals surface area contributed by atoms with E-state index in [-0.39, 0.29) is 5.92 Å². The van der Waals surface area contributed by atoms with Crippen LogP contribution in [0.2, 0.25) is 0 Å². The van der Waals surface area contributed by atoms with Crippen LogP contribution in [0.5, 0.6) is 0 Å². The summed E-state index contributed by atoms with van der Waals surface area (Å²) in [6, 6.07) is 2.42. The van der Waals surface area contributed by atoms with Gasteiger partial charge < -0.3 is 5.32 Å². The summed E-state index contributed by atoms with van der Waals surface area (Å²) in [5, 5.41) is 3.47. The highest BCUT2D eigenvalue weighted by molar-refractivity contribution is 5.79. The number of carbonyl (C=O) groups is 1. The van der Waals surface area contributed by atoms with Gasteiger partial charge >= 0.3 is 0 Å². The van der Waals surface area contributed by atoms with E-state index in [0.29, 0.717) is 18.6 Å². The molecule has 1 aliphatic carbocycles. The van der Waals surface area contributed by atoms with Crippen molar-refractivity contribution in [1.82, 2.24) is 15.0 Å². The first kappa shape index (κ1) is 21.0. The van der Waals surface area contributed by atoms with Crippen LogP contribution in [0.1, 0.15) is 98.3 Å². The maximum atomic E-state index is 12.6. The number of pyridine rings is 1. The molecule has 2 aromatic rings. The van der Waals surface area contributed by atoms with Crippen LogP contribution in [-0.2, 0) is 17.6 Å². The molecule has 0 bridgehead atoms. The number of Topliss-reactive ketones (excluding diaryl/α,β-unsaturated/α-hetero) is 1. The number of unbranched alkanes of at least 4 members (excludes halogenated alkanes) is 1. The van der Waals surface area contributed by atoms with Crippen molar-refractivity contribution < 1.29 is 4.79 Å². The van der Waals surface area contributed by atoms with Gasteiger partial charge in [-0.15, -0.1) is 0 Å². The predicted molar refractivity (Wildman–Crippen MR) is 120 cm³/mol. The van der Waals surface area contributed by atoms with E-state index in [1.807, 2.05) is 19.3 Å². The van der Waals surface area contributed by atoms with Crippen molar-refractivity contribution in [3.05, 3.63) is 46.7 Å². The Labute approximate surface area is 180 Å². The van der Waals surface area contributed by atoms with Crippen LogP contribution < -0.4 is 5.32 Å². The Kier molecular flexibility index (Phi) is 6.76. The Bertz CT molecular complexity index is 873. The third-order valence-electron chi connectivity index (χ3n) is 6.50. The van der Waals surface area contributed by atoms with Crippen molar-refractivity contribution in [3.63, 3.8) is 0 Å². The van der Waals surface area contributed by atoms with Crippen LogP contribution in [0.4, 0.5) is 5.82 Å². The second-order valence-electron chi connectivity index (χ2n) is 8.96. The maximum Gasteiger partial charge on any atom is 0.133 e. The number of aromatic nitrogens is 3. The quantitative estimate of drug-likeness (QED) is 0.544. The molecule has 2 aromatic heterocycles. The van der Waals surface area contributed by atoms with Crippen LogP contribution in [-0.4, -0.2) is 27.3 Å². The molecule has 5 heteroatoms. The molecule has 0 aromatic carbocycles. The summed E-state index contributed by atoms with van der Waals surface area (Å²) < 4.78 is 0. The third-order valence-corrected chi connectivity index (χ3v) is 6.50. The SMILES string of the molecule is CCC(CC(=O)CCCCc1nc2c(cc1C1CC1)CCCN2)c1cnc(C)nc1. The predicted octanol–water partition coefficient (Wildman–Crippen LogP) is 5.28. The summed E-state index contributed by atoms with van der Waals surface area (Å²) in [7, 11) is 0. The Morgan fingerprint density at radius 3 is 2.77 bits per heavy atom. The van der Waals surface area contributed by atoms with Gasteiger partial charge in [0.2, 0.25) is 0 Å². The first-order valence-electron chi connectivity index (χ1n) is 11.7. The van der Waals surface area contributed by atoms with Crippen LogP contribution in [0.25, 0.3) is 0 Å². The number of aryl methyl sites for hydroxylation is 3. The second kappa shape index (κ2) is 9.67. The summed E-state index contributed by atoms with van der Waals surface area (Å²) in [6.07, 6.45) is 13.9. The van der Waals surface area contributed by atoms with E-state index >= 15 is 0 Å². The molecule has 3 heterocycles. The number of fused-ring (bicyclic) bond motifs is 1. The van der Waals surface area contributed by atoms with E-state index in [1.54, 1.807) is 0 Å². The van der Waals surface area contributed by atoms with Gasteiger partial charge in [-0.3, -0.25) is 4.79 Å². The molecule has 0 saturated heterocycles. The molecular weight excluding hydrogens is 372 g/mol. The fraction of sp³-hybridized carbons (Fsp3) is 0.600. The summed E-state index contributed by atoms with van der Waals surface area (Å²) in [4.78, 5) is 26.1. The number of hydrogen-bond donors (Lipinski definition) is 1. The van der Waals surface area contributed by atoms with E-state index in [9.17, 15) is 4.79 Å². The van der Waals surface area contributed by atoms with Crippen molar-refractivity contribution in [2.24, 2.45) is 0 Å². The average molecular weight is 407 g/mol. The number of rotatable bonds is 10. The van der Waals surface area contributed by atoms with E-state index < -0.39 is 0 Å². The van der Waals surface area contributed by atoms with Gasteiger partial charge in [0.05, 0.1) is 0 Å². The van der Waals surface area contributed by atoms with E-state index in [4.69, 9.17) is 4.98 Å². The Hall–Kier alpha value is -2.30. The molecule has 4 rings (SSSR count). The first-order valence-corrected chi connectivity index (χ1v) is 11.7. The zero-order chi connectivity index (χ0) is 20.9. The van der Waals surface area contributed by atoms with Crippen molar-refractivity contribution >= 4 is 11.6 Å². The molecular formula is C25H34N4O. The first-order chi connectivity index (χ1) is 14.6. The number of hydrogen-bond acceptors (Lipinski definition) is 5. The van der Waals surface area contributed by atoms with Crippen molar-refractivity contribution in [2.45, 2.75) is 89.9 Å². The van der Waals surface area contributed by atoms with Crippen molar-refractivity contribution in [3.8, 4) is 0 Å². The number of ketones is 1. The minimum Gasteiger partial charge on any atom is -0.370 e. The molecule has 0 radical (unpaired) electrons. The normalized spacial score (nSPS) is 16.6. The van der Waals surface area contributed by atoms with E-state index in [1.165, 1.54) is 36.1 Å². The number of anilines is 1. The number of carbonyl (C=O) groups excluding carboxylic acids is 1. The molecule has 1 atom stereocenters. The molecule has 30 heavy (non-hydrogen) atoms. The number of nitrogens with one attached hydrogen (secondary N) is 1. The zero-order valence-corrected chi connectivity index (χ0v) is 18.4. The zero-order valence-electron chi connectivity index (χ0n) is 18.4. The molecule has 5 nitrogen and oxygen atoms in total. The Balaban J connectivity index is 1.28. The lowest BCUT2D eigenvalue weighted by Crippen LogP contribution is -2.15. The molecule has 1 N–H and O–H groups in total. The van der Waals surface area contributed by atoms with Gasteiger partial charge in [-0.2, -0.15) is 0 Å². The van der Waals surface area contributed by atoms with Gasteiger partial charge in [0.25, 0.3) is 0 Å². The lowest BCUT2D eigenvalue weighted by atomic mass is 9.91. The van der Waals surface area contributed by atoms with Gasteiger partial charge in [0.15, 0.2) is 0 Å². The molecule has 0 amide bonds. The molecule has 1 aliphatic heterocycles. The highest BCUT2D eigenvalue weighted by atomic mass is 16.1. The smallest absolute Gasteiger partial charge is 0.133 e. The number of nitrogens with zero attached hydrogens (tertiary/aromatic N) is 3. The largest absolute Gasteiger partial charge is 0.370 e. The van der Waals surface area contributed by atoms with Crippen molar-refractivity contribution in [2.75, 3.05) is 11.9 Å². The molecule has 1 fully saturated rings. The molecule has 2 aliphatic rings. The van der Waals surface area contributed by atoms with Crippen molar-refractivity contribution in [1.29, 1.82) is 0 Å². The topological polar surface area (TPSA) is 67.8 Å². The summed E-state index contributed by atoms with van der Waals surface area (Å²) in [6.45, 7) is 5.05. The van der Waals surface area contributed by atoms with Gasteiger partial charge in [-0.05, 0) is 86.8 Å². The minimum atomic E-state index is 0.230. The summed E-state index contributed by atoms with van der Waals surface area (Å²) >= 11 is 0. The second-order valence-corrected chi connectivity index (χ2v) is 8.96. The molecule has 1 unspecified atom stereocenters. The van der Waals surface area contributed by atoms with Gasteiger partial charge in [-0.25, -0.2) is 15.0 Å². The van der Waals surface area contributed by atoms with Gasteiger partial charge in [-0.1, -0.05) is 13.0 Å².